The van der Waals surface area contributed by atoms with E-state index in [2.05, 4.69) is 13.5 Å². The van der Waals surface area contributed by atoms with Crippen molar-refractivity contribution in [3.8, 4) is 0 Å². The van der Waals surface area contributed by atoms with Crippen molar-refractivity contribution in [1.29, 1.82) is 0 Å². The maximum absolute atomic E-state index is 12.6. The largest absolute Gasteiger partial charge is 0.457 e. The van der Waals surface area contributed by atoms with Crippen molar-refractivity contribution in [3.63, 3.8) is 0 Å². The first-order valence-electron chi connectivity index (χ1n) is 11.8. The molecule has 1 unspecified atom stereocenters. The summed E-state index contributed by atoms with van der Waals surface area (Å²) in [4.78, 5) is 17.4. The monoisotopic (exact) mass is 438 g/mol. The lowest BCUT2D eigenvalue weighted by Crippen LogP contribution is -2.63. The number of carbonyl (C=O) groups is 1. The van der Waals surface area contributed by atoms with Crippen LogP contribution in [-0.2, 0) is 23.9 Å². The van der Waals surface area contributed by atoms with Crippen molar-refractivity contribution in [2.24, 2.45) is 23.7 Å². The van der Waals surface area contributed by atoms with Gasteiger partial charge in [-0.15, -0.1) is 0 Å². The van der Waals surface area contributed by atoms with E-state index in [1.165, 1.54) is 0 Å². The van der Waals surface area contributed by atoms with E-state index in [0.717, 1.165) is 12.0 Å². The van der Waals surface area contributed by atoms with E-state index in [0.29, 0.717) is 50.5 Å². The van der Waals surface area contributed by atoms with Crippen molar-refractivity contribution < 1.29 is 34.3 Å². The minimum Gasteiger partial charge on any atom is -0.457 e. The highest BCUT2D eigenvalue weighted by molar-refractivity contribution is 5.69. The van der Waals surface area contributed by atoms with E-state index in [1.807, 2.05) is 20.8 Å². The maximum atomic E-state index is 12.6. The maximum Gasteiger partial charge on any atom is 0.306 e. The summed E-state index contributed by atoms with van der Waals surface area (Å²) in [7, 11) is 0. The van der Waals surface area contributed by atoms with Crippen LogP contribution in [0.1, 0.15) is 66.2 Å². The second-order valence-electron chi connectivity index (χ2n) is 10.7. The number of esters is 1. The lowest BCUT2D eigenvalue weighted by molar-refractivity contribution is -0.272. The molecule has 31 heavy (non-hydrogen) atoms. The summed E-state index contributed by atoms with van der Waals surface area (Å²) in [5.74, 6) is 0.283. The van der Waals surface area contributed by atoms with Crippen molar-refractivity contribution in [3.05, 3.63) is 12.2 Å². The van der Waals surface area contributed by atoms with Gasteiger partial charge in [0.15, 0.2) is 0 Å². The minimum atomic E-state index is -1.07. The van der Waals surface area contributed by atoms with Crippen LogP contribution >= 0.6 is 0 Å². The standard InChI is InChI=1S/C24H38O7/c1-6-7-19(25)30-23(4)9-8-16(31-27)13(2)10-17-21-20(22(23)29-17)15-11-18(24(21,5)26)28-12-14(15)3/h14-18,20-22,26-27H,2,6-12H2,1,3-5H3/t14-,15+,16?,17+,18+,20+,21+,22+,23+,24-/m0/s1. The molecular formula is C24H38O7. The number of fused-ring (bicyclic) bond motifs is 8. The first kappa shape index (κ1) is 23.2. The van der Waals surface area contributed by atoms with Gasteiger partial charge in [-0.05, 0) is 63.4 Å². The number of hydrogen-bond acceptors (Lipinski definition) is 7. The first-order valence-corrected chi connectivity index (χ1v) is 11.8. The van der Waals surface area contributed by atoms with E-state index < -0.39 is 17.3 Å². The molecule has 0 aromatic rings. The van der Waals surface area contributed by atoms with Gasteiger partial charge in [-0.1, -0.05) is 20.4 Å². The van der Waals surface area contributed by atoms with Crippen molar-refractivity contribution in [1.82, 2.24) is 0 Å². The first-order chi connectivity index (χ1) is 14.6. The molecular weight excluding hydrogens is 400 g/mol. The van der Waals surface area contributed by atoms with E-state index >= 15 is 0 Å². The molecule has 2 N–H and O–H groups in total. The molecule has 10 atom stereocenters. The fourth-order valence-electron chi connectivity index (χ4n) is 6.79. The Kier molecular flexibility index (Phi) is 6.29. The molecule has 3 saturated heterocycles. The molecule has 0 aromatic heterocycles. The van der Waals surface area contributed by atoms with Crippen LogP contribution in [0.5, 0.6) is 0 Å². The second kappa shape index (κ2) is 8.41. The van der Waals surface area contributed by atoms with Gasteiger partial charge >= 0.3 is 5.97 Å². The Bertz CT molecular complexity index is 706. The molecule has 0 aromatic carbocycles. The zero-order valence-corrected chi connectivity index (χ0v) is 19.2. The van der Waals surface area contributed by atoms with Gasteiger partial charge in [-0.3, -0.25) is 10.1 Å². The minimum absolute atomic E-state index is 0.0500. The Morgan fingerprint density at radius 3 is 2.77 bits per heavy atom. The van der Waals surface area contributed by atoms with Crippen molar-refractivity contribution >= 4 is 5.97 Å². The highest BCUT2D eigenvalue weighted by atomic mass is 17.1. The van der Waals surface area contributed by atoms with E-state index in [-0.39, 0.29) is 36.1 Å². The number of aliphatic hydroxyl groups is 1. The number of hydrogen-bond donors (Lipinski definition) is 2. The molecule has 4 aliphatic rings. The molecule has 176 valence electrons. The van der Waals surface area contributed by atoms with Crippen LogP contribution in [-0.4, -0.2) is 58.6 Å². The lowest BCUT2D eigenvalue weighted by atomic mass is 9.55. The molecule has 7 nitrogen and oxygen atoms in total. The summed E-state index contributed by atoms with van der Waals surface area (Å²) in [5.41, 5.74) is -1.22. The number of rotatable bonds is 4. The van der Waals surface area contributed by atoms with Gasteiger partial charge in [0, 0.05) is 24.9 Å². The molecule has 4 bridgehead atoms. The number of carbonyl (C=O) groups excluding carboxylic acids is 1. The van der Waals surface area contributed by atoms with Gasteiger partial charge in [0.1, 0.15) is 17.8 Å². The summed E-state index contributed by atoms with van der Waals surface area (Å²) in [6, 6.07) is 0. The predicted octanol–water partition coefficient (Wildman–Crippen LogP) is 3.49. The molecule has 3 heterocycles. The molecule has 0 amide bonds. The summed E-state index contributed by atoms with van der Waals surface area (Å²) in [6.45, 7) is 12.7. The van der Waals surface area contributed by atoms with Crippen LogP contribution in [0.25, 0.3) is 0 Å². The quantitative estimate of drug-likeness (QED) is 0.300. The van der Waals surface area contributed by atoms with Gasteiger partial charge in [0.2, 0.25) is 0 Å². The zero-order valence-electron chi connectivity index (χ0n) is 19.2. The normalized spacial score (nSPS) is 49.5. The fourth-order valence-corrected chi connectivity index (χ4v) is 6.79. The zero-order chi connectivity index (χ0) is 22.6. The fraction of sp³-hybridized carbons (Fsp3) is 0.875. The number of ether oxygens (including phenoxy) is 3. The van der Waals surface area contributed by atoms with Crippen LogP contribution in [0.4, 0.5) is 0 Å². The molecule has 0 spiro atoms. The van der Waals surface area contributed by atoms with E-state index in [1.54, 1.807) is 0 Å². The molecule has 0 radical (unpaired) electrons. The van der Waals surface area contributed by atoms with Crippen LogP contribution < -0.4 is 0 Å². The average molecular weight is 439 g/mol. The summed E-state index contributed by atoms with van der Waals surface area (Å²) in [5, 5.41) is 21.2. The molecule has 4 rings (SSSR count). The topological polar surface area (TPSA) is 94.5 Å². The third-order valence-corrected chi connectivity index (χ3v) is 8.44. The van der Waals surface area contributed by atoms with Crippen LogP contribution in [0, 0.1) is 23.7 Å². The summed E-state index contributed by atoms with van der Waals surface area (Å²) < 4.78 is 18.9. The molecule has 1 saturated carbocycles. The van der Waals surface area contributed by atoms with E-state index in [9.17, 15) is 15.2 Å². The Balaban J connectivity index is 1.77. The summed E-state index contributed by atoms with van der Waals surface area (Å²) >= 11 is 0. The van der Waals surface area contributed by atoms with Crippen LogP contribution in [0.3, 0.4) is 0 Å². The van der Waals surface area contributed by atoms with Crippen molar-refractivity contribution in [2.45, 2.75) is 102 Å². The van der Waals surface area contributed by atoms with Crippen molar-refractivity contribution in [2.75, 3.05) is 6.61 Å². The van der Waals surface area contributed by atoms with Gasteiger partial charge in [-0.25, -0.2) is 4.89 Å². The smallest absolute Gasteiger partial charge is 0.306 e. The summed E-state index contributed by atoms with van der Waals surface area (Å²) in [6.07, 6.45) is 1.83. The SMILES string of the molecule is C=C1C[C@H]2O[C@H]([C@@H]3[C@@H]4C[C@@H](OC[C@@H]4C)[C@](C)(O)[C@@H]32)[C@](C)(OC(=O)CCC)CCC1OO. The Hall–Kier alpha value is -0.990. The van der Waals surface area contributed by atoms with Gasteiger partial charge in [0.05, 0.1) is 17.8 Å². The average Bonchev–Trinajstić information content (AvgIpc) is 3.10. The van der Waals surface area contributed by atoms with Crippen LogP contribution in [0.15, 0.2) is 12.2 Å². The third-order valence-electron chi connectivity index (χ3n) is 8.44. The second-order valence-corrected chi connectivity index (χ2v) is 10.7. The molecule has 7 heteroatoms. The van der Waals surface area contributed by atoms with E-state index in [4.69, 9.17) is 19.1 Å². The third kappa shape index (κ3) is 3.86. The molecule has 4 fully saturated rings. The van der Waals surface area contributed by atoms with Crippen LogP contribution in [0.2, 0.25) is 0 Å². The predicted molar refractivity (Wildman–Crippen MR) is 113 cm³/mol. The molecule has 1 aliphatic carbocycles. The van der Waals surface area contributed by atoms with Gasteiger partial charge in [0.25, 0.3) is 0 Å². The Morgan fingerprint density at radius 1 is 1.35 bits per heavy atom. The highest BCUT2D eigenvalue weighted by Gasteiger charge is 2.66. The van der Waals surface area contributed by atoms with Gasteiger partial charge < -0.3 is 19.3 Å². The Labute approximate surface area is 185 Å². The lowest BCUT2D eigenvalue weighted by Gasteiger charge is -2.55. The van der Waals surface area contributed by atoms with Gasteiger partial charge in [-0.2, -0.15) is 0 Å². The molecule has 3 aliphatic heterocycles. The Morgan fingerprint density at radius 2 is 2.10 bits per heavy atom. The highest BCUT2D eigenvalue weighted by Crippen LogP contribution is 2.59.